The molecule has 0 bridgehead atoms. The number of phenols is 1. The number of benzene rings is 2. The smallest absolute Gasteiger partial charge is 0.410 e. The minimum Gasteiger partial charge on any atom is -0.507 e. The van der Waals surface area contributed by atoms with Gasteiger partial charge in [0.15, 0.2) is 0 Å². The number of methoxy groups -OCH3 is 1. The summed E-state index contributed by atoms with van der Waals surface area (Å²) in [7, 11) is 1.60. The zero-order chi connectivity index (χ0) is 26.0. The van der Waals surface area contributed by atoms with Crippen molar-refractivity contribution in [2.45, 2.75) is 39.0 Å². The van der Waals surface area contributed by atoms with Gasteiger partial charge in [-0.2, -0.15) is 0 Å². The molecular formula is C26H32Cl2N2O6. The Morgan fingerprint density at radius 3 is 2.67 bits per heavy atom. The molecule has 0 saturated carbocycles. The van der Waals surface area contributed by atoms with Gasteiger partial charge in [-0.3, -0.25) is 4.90 Å². The zero-order valence-corrected chi connectivity index (χ0v) is 22.5. The number of hydrogen-bond acceptors (Lipinski definition) is 7. The van der Waals surface area contributed by atoms with E-state index < -0.39 is 5.60 Å². The number of fused-ring (bicyclic) bond motifs is 2. The van der Waals surface area contributed by atoms with Crippen LogP contribution in [-0.2, 0) is 16.0 Å². The molecule has 4 rings (SSSR count). The summed E-state index contributed by atoms with van der Waals surface area (Å²) < 4.78 is 23.0. The summed E-state index contributed by atoms with van der Waals surface area (Å²) in [5.41, 5.74) is 1.14. The number of piperazine rings is 1. The molecular weight excluding hydrogens is 507 g/mol. The first-order chi connectivity index (χ1) is 17.1. The molecule has 10 heteroatoms. The number of phenolic OH excluding ortho intramolecular Hbond substituents is 1. The van der Waals surface area contributed by atoms with Gasteiger partial charge in [-0.05, 0) is 39.0 Å². The molecule has 1 amide bonds. The maximum absolute atomic E-state index is 12.6. The van der Waals surface area contributed by atoms with Gasteiger partial charge in [0.05, 0.1) is 28.3 Å². The monoisotopic (exact) mass is 538 g/mol. The van der Waals surface area contributed by atoms with Crippen molar-refractivity contribution in [2.24, 2.45) is 0 Å². The lowest BCUT2D eigenvalue weighted by Gasteiger charge is -2.40. The van der Waals surface area contributed by atoms with Crippen molar-refractivity contribution in [3.05, 3.63) is 39.9 Å². The summed E-state index contributed by atoms with van der Waals surface area (Å²) in [6, 6.07) is 6.75. The highest BCUT2D eigenvalue weighted by Crippen LogP contribution is 2.50. The van der Waals surface area contributed by atoms with E-state index in [0.717, 1.165) is 5.56 Å². The predicted molar refractivity (Wildman–Crippen MR) is 138 cm³/mol. The largest absolute Gasteiger partial charge is 0.507 e. The van der Waals surface area contributed by atoms with E-state index in [-0.39, 0.29) is 17.9 Å². The summed E-state index contributed by atoms with van der Waals surface area (Å²) in [5.74, 6) is 0.983. The lowest BCUT2D eigenvalue weighted by molar-refractivity contribution is -0.00154. The van der Waals surface area contributed by atoms with Gasteiger partial charge in [-0.15, -0.1) is 0 Å². The van der Waals surface area contributed by atoms with E-state index in [1.165, 1.54) is 0 Å². The second-order valence-corrected chi connectivity index (χ2v) is 10.7. The van der Waals surface area contributed by atoms with E-state index in [1.807, 2.05) is 26.8 Å². The number of ether oxygens (including phenoxy) is 4. The molecule has 0 aromatic heterocycles. The van der Waals surface area contributed by atoms with Crippen LogP contribution in [0.5, 0.6) is 17.2 Å². The van der Waals surface area contributed by atoms with Gasteiger partial charge in [0, 0.05) is 44.4 Å². The number of nitrogens with zero attached hydrogens (tertiary/aromatic N) is 2. The molecule has 0 aliphatic carbocycles. The number of hydrogen-bond donors (Lipinski definition) is 1. The number of amides is 1. The van der Waals surface area contributed by atoms with Crippen molar-refractivity contribution in [3.8, 4) is 28.4 Å². The third-order valence-corrected chi connectivity index (χ3v) is 6.77. The Bertz CT molecular complexity index is 1100. The number of rotatable bonds is 5. The Hall–Kier alpha value is -2.39. The minimum atomic E-state index is -0.558. The molecule has 1 fully saturated rings. The Morgan fingerprint density at radius 1 is 1.19 bits per heavy atom. The molecule has 2 aliphatic heterocycles. The Kier molecular flexibility index (Phi) is 8.09. The second kappa shape index (κ2) is 10.9. The normalized spacial score (nSPS) is 18.1. The van der Waals surface area contributed by atoms with Crippen LogP contribution in [0.3, 0.4) is 0 Å². The maximum Gasteiger partial charge on any atom is 0.410 e. The Morgan fingerprint density at radius 2 is 1.97 bits per heavy atom. The fourth-order valence-corrected chi connectivity index (χ4v) is 5.05. The Labute approximate surface area is 221 Å². The minimum absolute atomic E-state index is 0.0139. The van der Waals surface area contributed by atoms with Crippen molar-refractivity contribution in [3.63, 3.8) is 0 Å². The average molecular weight is 539 g/mol. The van der Waals surface area contributed by atoms with Gasteiger partial charge >= 0.3 is 6.09 Å². The number of aromatic hydroxyl groups is 1. The van der Waals surface area contributed by atoms with E-state index in [2.05, 4.69) is 4.90 Å². The van der Waals surface area contributed by atoms with Gasteiger partial charge < -0.3 is 29.0 Å². The standard InChI is InChI=1S/C26H32Cl2N2O6/c1-26(2,3)36-25(32)30-9-8-29-13-16-12-20(34-11-10-33-4)22(21-18(27)6-5-7-19(21)31)23(28)24(16)35-15-17(29)14-30/h5-7,12,17,31H,8-11,13-15H2,1-4H3/t17-/m1/s1. The van der Waals surface area contributed by atoms with Crippen molar-refractivity contribution in [1.29, 1.82) is 0 Å². The third kappa shape index (κ3) is 5.78. The number of carbonyl (C=O) groups excluding carboxylic acids is 1. The van der Waals surface area contributed by atoms with E-state index in [1.54, 1.807) is 30.2 Å². The maximum atomic E-state index is 12.6. The molecule has 1 N–H and O–H groups in total. The van der Waals surface area contributed by atoms with Crippen molar-refractivity contribution in [1.82, 2.24) is 9.80 Å². The number of carbonyl (C=O) groups is 1. The van der Waals surface area contributed by atoms with E-state index in [9.17, 15) is 9.90 Å². The van der Waals surface area contributed by atoms with E-state index in [4.69, 9.17) is 42.1 Å². The fourth-order valence-electron chi connectivity index (χ4n) is 4.42. The molecule has 2 aliphatic rings. The molecule has 8 nitrogen and oxygen atoms in total. The summed E-state index contributed by atoms with van der Waals surface area (Å²) in [6.45, 7) is 8.85. The zero-order valence-electron chi connectivity index (χ0n) is 21.0. The van der Waals surface area contributed by atoms with Crippen LogP contribution in [-0.4, -0.2) is 79.2 Å². The molecule has 1 atom stereocenters. The van der Waals surface area contributed by atoms with Crippen LogP contribution < -0.4 is 9.47 Å². The van der Waals surface area contributed by atoms with Gasteiger partial charge in [0.2, 0.25) is 0 Å². The molecule has 0 unspecified atom stereocenters. The summed E-state index contributed by atoms with van der Waals surface area (Å²) in [5, 5.41) is 11.3. The van der Waals surface area contributed by atoms with Crippen LogP contribution in [0.25, 0.3) is 11.1 Å². The highest BCUT2D eigenvalue weighted by atomic mass is 35.5. The van der Waals surface area contributed by atoms with E-state index in [0.29, 0.717) is 78.7 Å². The van der Waals surface area contributed by atoms with Crippen molar-refractivity contribution in [2.75, 3.05) is 46.6 Å². The first kappa shape index (κ1) is 26.7. The predicted octanol–water partition coefficient (Wildman–Crippen LogP) is 5.20. The van der Waals surface area contributed by atoms with Gasteiger partial charge in [-0.25, -0.2) is 4.79 Å². The number of halogens is 2. The quantitative estimate of drug-likeness (QED) is 0.523. The van der Waals surface area contributed by atoms with Crippen molar-refractivity contribution >= 4 is 29.3 Å². The van der Waals surface area contributed by atoms with Crippen LogP contribution in [0.1, 0.15) is 26.3 Å². The van der Waals surface area contributed by atoms with Crippen LogP contribution in [0.2, 0.25) is 10.0 Å². The fraction of sp³-hybridized carbons (Fsp3) is 0.500. The van der Waals surface area contributed by atoms with E-state index >= 15 is 0 Å². The average Bonchev–Trinajstić information content (AvgIpc) is 2.98. The first-order valence-electron chi connectivity index (χ1n) is 11.9. The molecule has 2 aromatic rings. The molecule has 2 aromatic carbocycles. The lowest BCUT2D eigenvalue weighted by Crippen LogP contribution is -2.56. The molecule has 2 heterocycles. The summed E-state index contributed by atoms with van der Waals surface area (Å²) >= 11 is 13.4. The topological polar surface area (TPSA) is 80.7 Å². The van der Waals surface area contributed by atoms with Crippen LogP contribution >= 0.6 is 23.2 Å². The van der Waals surface area contributed by atoms with Gasteiger partial charge in [-0.1, -0.05) is 29.3 Å². The molecule has 0 radical (unpaired) electrons. The summed E-state index contributed by atoms with van der Waals surface area (Å²) in [6.07, 6.45) is -0.327. The van der Waals surface area contributed by atoms with Gasteiger partial charge in [0.25, 0.3) is 0 Å². The lowest BCUT2D eigenvalue weighted by atomic mass is 9.99. The van der Waals surface area contributed by atoms with Crippen LogP contribution in [0, 0.1) is 0 Å². The summed E-state index contributed by atoms with van der Waals surface area (Å²) in [4.78, 5) is 16.6. The van der Waals surface area contributed by atoms with Crippen molar-refractivity contribution < 1.29 is 28.8 Å². The van der Waals surface area contributed by atoms with Crippen LogP contribution in [0.4, 0.5) is 4.79 Å². The van der Waals surface area contributed by atoms with Gasteiger partial charge in [0.1, 0.15) is 36.1 Å². The molecule has 36 heavy (non-hydrogen) atoms. The molecule has 196 valence electrons. The second-order valence-electron chi connectivity index (χ2n) is 9.89. The highest BCUT2D eigenvalue weighted by molar-refractivity contribution is 6.38. The molecule has 1 saturated heterocycles. The van der Waals surface area contributed by atoms with Crippen LogP contribution in [0.15, 0.2) is 24.3 Å². The first-order valence-corrected chi connectivity index (χ1v) is 12.6. The Balaban J connectivity index is 1.66. The molecule has 0 spiro atoms. The highest BCUT2D eigenvalue weighted by Gasteiger charge is 2.36. The third-order valence-electron chi connectivity index (χ3n) is 6.10. The SMILES string of the molecule is COCCOc1cc2c(c(Cl)c1-c1c(O)cccc1Cl)OC[C@H]1CN(C(=O)OC(C)(C)C)CCN1C2.